The Morgan fingerprint density at radius 2 is 2.18 bits per heavy atom. The number of ether oxygens (including phenoxy) is 2. The second-order valence-corrected chi connectivity index (χ2v) is 4.10. The van der Waals surface area contributed by atoms with E-state index in [0.29, 0.717) is 13.2 Å². The van der Waals surface area contributed by atoms with Crippen molar-refractivity contribution in [2.45, 2.75) is 13.0 Å². The average molecular weight is 236 g/mol. The molecule has 1 fully saturated rings. The van der Waals surface area contributed by atoms with Gasteiger partial charge in [0.1, 0.15) is 5.75 Å². The maximum Gasteiger partial charge on any atom is 0.119 e. The van der Waals surface area contributed by atoms with Crippen molar-refractivity contribution < 1.29 is 9.47 Å². The Hall–Kier alpha value is -1.26. The number of morpholine rings is 1. The third kappa shape index (κ3) is 3.11. The summed E-state index contributed by atoms with van der Waals surface area (Å²) in [6, 6.07) is 8.19. The molecule has 2 rings (SSSR count). The molecular weight excluding hydrogens is 216 g/mol. The van der Waals surface area contributed by atoms with Crippen LogP contribution in [-0.2, 0) is 4.74 Å². The Labute approximate surface area is 102 Å². The molecule has 1 aromatic carbocycles. The van der Waals surface area contributed by atoms with Gasteiger partial charge in [-0.2, -0.15) is 0 Å². The third-order valence-electron chi connectivity index (χ3n) is 2.91. The molecule has 1 aromatic rings. The highest BCUT2D eigenvalue weighted by Gasteiger charge is 2.19. The number of nitrogens with zero attached hydrogens (tertiary/aromatic N) is 1. The molecule has 17 heavy (non-hydrogen) atoms. The largest absolute Gasteiger partial charge is 0.494 e. The van der Waals surface area contributed by atoms with Crippen molar-refractivity contribution in [2.75, 3.05) is 37.7 Å². The van der Waals surface area contributed by atoms with E-state index in [1.165, 1.54) is 5.69 Å². The molecular formula is C13H20N2O2. The second-order valence-electron chi connectivity index (χ2n) is 4.10. The molecule has 4 nitrogen and oxygen atoms in total. The zero-order chi connectivity index (χ0) is 12.1. The SMILES string of the molecule is CCOc1ccc(N2CCOC(CN)C2)cc1. The van der Waals surface area contributed by atoms with E-state index in [1.54, 1.807) is 0 Å². The number of rotatable bonds is 4. The summed E-state index contributed by atoms with van der Waals surface area (Å²) < 4.78 is 11.0. The van der Waals surface area contributed by atoms with Gasteiger partial charge in [0.2, 0.25) is 0 Å². The van der Waals surface area contributed by atoms with Crippen molar-refractivity contribution in [2.24, 2.45) is 5.73 Å². The van der Waals surface area contributed by atoms with Gasteiger partial charge in [0.05, 0.1) is 19.3 Å². The van der Waals surface area contributed by atoms with Crippen LogP contribution in [-0.4, -0.2) is 39.0 Å². The second kappa shape index (κ2) is 5.89. The number of hydrogen-bond acceptors (Lipinski definition) is 4. The summed E-state index contributed by atoms with van der Waals surface area (Å²) in [6.45, 7) is 5.80. The maximum atomic E-state index is 5.64. The normalized spacial score (nSPS) is 20.4. The molecule has 1 atom stereocenters. The highest BCUT2D eigenvalue weighted by Crippen LogP contribution is 2.21. The van der Waals surface area contributed by atoms with Crippen molar-refractivity contribution >= 4 is 5.69 Å². The van der Waals surface area contributed by atoms with Crippen LogP contribution in [0, 0.1) is 0 Å². The van der Waals surface area contributed by atoms with Crippen molar-refractivity contribution in [3.8, 4) is 5.75 Å². The van der Waals surface area contributed by atoms with E-state index in [-0.39, 0.29) is 6.10 Å². The van der Waals surface area contributed by atoms with Crippen LogP contribution in [0.3, 0.4) is 0 Å². The van der Waals surface area contributed by atoms with E-state index in [2.05, 4.69) is 17.0 Å². The van der Waals surface area contributed by atoms with Crippen LogP contribution < -0.4 is 15.4 Å². The first-order valence-corrected chi connectivity index (χ1v) is 6.13. The first-order chi connectivity index (χ1) is 8.33. The Balaban J connectivity index is 2.01. The number of benzene rings is 1. The molecule has 0 saturated carbocycles. The smallest absolute Gasteiger partial charge is 0.119 e. The van der Waals surface area contributed by atoms with Crippen molar-refractivity contribution in [1.82, 2.24) is 0 Å². The molecule has 1 aliphatic heterocycles. The predicted molar refractivity (Wildman–Crippen MR) is 68.6 cm³/mol. The van der Waals surface area contributed by atoms with E-state index in [1.807, 2.05) is 19.1 Å². The van der Waals surface area contributed by atoms with Crippen molar-refractivity contribution in [3.05, 3.63) is 24.3 Å². The summed E-state index contributed by atoms with van der Waals surface area (Å²) in [5, 5.41) is 0. The van der Waals surface area contributed by atoms with Gasteiger partial charge in [-0.05, 0) is 31.2 Å². The fourth-order valence-corrected chi connectivity index (χ4v) is 2.02. The molecule has 1 saturated heterocycles. The van der Waals surface area contributed by atoms with Gasteiger partial charge in [0.25, 0.3) is 0 Å². The van der Waals surface area contributed by atoms with Gasteiger partial charge in [-0.25, -0.2) is 0 Å². The quantitative estimate of drug-likeness (QED) is 0.854. The minimum absolute atomic E-state index is 0.148. The summed E-state index contributed by atoms with van der Waals surface area (Å²) in [5.74, 6) is 0.917. The van der Waals surface area contributed by atoms with E-state index < -0.39 is 0 Å². The fraction of sp³-hybridized carbons (Fsp3) is 0.538. The van der Waals surface area contributed by atoms with Crippen molar-refractivity contribution in [3.63, 3.8) is 0 Å². The molecule has 1 aliphatic rings. The van der Waals surface area contributed by atoms with Gasteiger partial charge in [0.15, 0.2) is 0 Å². The van der Waals surface area contributed by atoms with Crippen LogP contribution in [0.1, 0.15) is 6.92 Å². The van der Waals surface area contributed by atoms with Gasteiger partial charge in [0, 0.05) is 25.3 Å². The lowest BCUT2D eigenvalue weighted by Gasteiger charge is -2.34. The summed E-state index contributed by atoms with van der Waals surface area (Å²) in [6.07, 6.45) is 0.148. The zero-order valence-corrected chi connectivity index (χ0v) is 10.3. The maximum absolute atomic E-state index is 5.64. The lowest BCUT2D eigenvalue weighted by Crippen LogP contribution is -2.45. The zero-order valence-electron chi connectivity index (χ0n) is 10.3. The molecule has 0 radical (unpaired) electrons. The van der Waals surface area contributed by atoms with Gasteiger partial charge >= 0.3 is 0 Å². The lowest BCUT2D eigenvalue weighted by molar-refractivity contribution is 0.0466. The summed E-state index contributed by atoms with van der Waals surface area (Å²) in [5.41, 5.74) is 6.84. The molecule has 0 bridgehead atoms. The summed E-state index contributed by atoms with van der Waals surface area (Å²) in [4.78, 5) is 2.30. The average Bonchev–Trinajstić information content (AvgIpc) is 2.40. The molecule has 4 heteroatoms. The summed E-state index contributed by atoms with van der Waals surface area (Å²) >= 11 is 0. The van der Waals surface area contributed by atoms with Crippen LogP contribution in [0.25, 0.3) is 0 Å². The number of nitrogens with two attached hydrogens (primary N) is 1. The molecule has 1 unspecified atom stereocenters. The number of anilines is 1. The number of hydrogen-bond donors (Lipinski definition) is 1. The van der Waals surface area contributed by atoms with E-state index in [9.17, 15) is 0 Å². The topological polar surface area (TPSA) is 47.7 Å². The first kappa shape index (κ1) is 12.2. The van der Waals surface area contributed by atoms with Gasteiger partial charge in [-0.1, -0.05) is 0 Å². The molecule has 2 N–H and O–H groups in total. The molecule has 0 aromatic heterocycles. The molecule has 0 spiro atoms. The van der Waals surface area contributed by atoms with Crippen LogP contribution in [0.15, 0.2) is 24.3 Å². The highest BCUT2D eigenvalue weighted by atomic mass is 16.5. The van der Waals surface area contributed by atoms with E-state index in [4.69, 9.17) is 15.2 Å². The third-order valence-corrected chi connectivity index (χ3v) is 2.91. The van der Waals surface area contributed by atoms with Crippen LogP contribution in [0.5, 0.6) is 5.75 Å². The van der Waals surface area contributed by atoms with E-state index >= 15 is 0 Å². The standard InChI is InChI=1S/C13H20N2O2/c1-2-16-12-5-3-11(4-6-12)15-7-8-17-13(9-14)10-15/h3-6,13H,2,7-10,14H2,1H3. The van der Waals surface area contributed by atoms with E-state index in [0.717, 1.165) is 25.4 Å². The minimum atomic E-state index is 0.148. The summed E-state index contributed by atoms with van der Waals surface area (Å²) in [7, 11) is 0. The van der Waals surface area contributed by atoms with Crippen LogP contribution in [0.2, 0.25) is 0 Å². The van der Waals surface area contributed by atoms with Crippen LogP contribution >= 0.6 is 0 Å². The van der Waals surface area contributed by atoms with Gasteiger partial charge in [-0.3, -0.25) is 0 Å². The monoisotopic (exact) mass is 236 g/mol. The Morgan fingerprint density at radius 3 is 2.82 bits per heavy atom. The fourth-order valence-electron chi connectivity index (χ4n) is 2.02. The molecule has 0 amide bonds. The van der Waals surface area contributed by atoms with Crippen LogP contribution in [0.4, 0.5) is 5.69 Å². The Bertz CT molecular complexity index is 340. The highest BCUT2D eigenvalue weighted by molar-refractivity contribution is 5.49. The Kier molecular flexibility index (Phi) is 4.23. The molecule has 1 heterocycles. The Morgan fingerprint density at radius 1 is 1.41 bits per heavy atom. The van der Waals surface area contributed by atoms with Gasteiger partial charge in [-0.15, -0.1) is 0 Å². The van der Waals surface area contributed by atoms with Gasteiger partial charge < -0.3 is 20.1 Å². The lowest BCUT2D eigenvalue weighted by atomic mass is 10.2. The first-order valence-electron chi connectivity index (χ1n) is 6.13. The molecule has 0 aliphatic carbocycles. The minimum Gasteiger partial charge on any atom is -0.494 e. The predicted octanol–water partition coefficient (Wildman–Crippen LogP) is 1.25. The molecule has 94 valence electrons. The van der Waals surface area contributed by atoms with Crippen molar-refractivity contribution in [1.29, 1.82) is 0 Å².